The van der Waals surface area contributed by atoms with Crippen molar-refractivity contribution in [2.75, 3.05) is 12.5 Å². The number of ether oxygens (including phenoxy) is 3. The largest absolute Gasteiger partial charge is 0.472 e. The fraction of sp³-hybridized carbons (Fsp3) is 0.167. The topological polar surface area (TPSA) is 79.5 Å². The monoisotopic (exact) mass is 245 g/mol. The molecular weight excluding hydrogens is 234 g/mol. The SMILES string of the molecule is Nc1ccc(OCc2ccc3c(c2)OCO3)nn1. The molecule has 0 saturated heterocycles. The van der Waals surface area contributed by atoms with Gasteiger partial charge in [-0.3, -0.25) is 0 Å². The smallest absolute Gasteiger partial charge is 0.233 e. The maximum Gasteiger partial charge on any atom is 0.233 e. The highest BCUT2D eigenvalue weighted by molar-refractivity contribution is 5.44. The van der Waals surface area contributed by atoms with E-state index in [0.717, 1.165) is 17.1 Å². The van der Waals surface area contributed by atoms with Crippen molar-refractivity contribution in [3.05, 3.63) is 35.9 Å². The van der Waals surface area contributed by atoms with Gasteiger partial charge in [-0.2, -0.15) is 0 Å². The molecule has 0 unspecified atom stereocenters. The van der Waals surface area contributed by atoms with Gasteiger partial charge in [0.15, 0.2) is 11.5 Å². The van der Waals surface area contributed by atoms with Crippen molar-refractivity contribution in [1.29, 1.82) is 0 Å². The van der Waals surface area contributed by atoms with Crippen molar-refractivity contribution >= 4 is 5.82 Å². The zero-order valence-corrected chi connectivity index (χ0v) is 9.50. The molecule has 2 N–H and O–H groups in total. The van der Waals surface area contributed by atoms with Crippen LogP contribution in [0.3, 0.4) is 0 Å². The van der Waals surface area contributed by atoms with Gasteiger partial charge in [0.2, 0.25) is 12.7 Å². The molecule has 2 heterocycles. The molecule has 0 radical (unpaired) electrons. The van der Waals surface area contributed by atoms with Crippen molar-refractivity contribution in [3.8, 4) is 17.4 Å². The maximum absolute atomic E-state index is 5.48. The Hall–Kier alpha value is -2.50. The van der Waals surface area contributed by atoms with Gasteiger partial charge in [0.25, 0.3) is 0 Å². The summed E-state index contributed by atoms with van der Waals surface area (Å²) in [6.45, 7) is 0.651. The van der Waals surface area contributed by atoms with E-state index < -0.39 is 0 Å². The molecule has 1 aromatic carbocycles. The third-order valence-electron chi connectivity index (χ3n) is 2.48. The first-order valence-corrected chi connectivity index (χ1v) is 5.42. The molecule has 1 aliphatic heterocycles. The first-order valence-electron chi connectivity index (χ1n) is 5.42. The summed E-state index contributed by atoms with van der Waals surface area (Å²) in [7, 11) is 0. The molecule has 1 aromatic heterocycles. The van der Waals surface area contributed by atoms with Crippen LogP contribution in [0, 0.1) is 0 Å². The molecule has 6 heteroatoms. The fourth-order valence-electron chi connectivity index (χ4n) is 1.60. The second-order valence-corrected chi connectivity index (χ2v) is 3.77. The molecule has 0 atom stereocenters. The highest BCUT2D eigenvalue weighted by Crippen LogP contribution is 2.32. The van der Waals surface area contributed by atoms with Gasteiger partial charge in [0.1, 0.15) is 12.4 Å². The predicted octanol–water partition coefficient (Wildman–Crippen LogP) is 1.37. The normalized spacial score (nSPS) is 12.4. The predicted molar refractivity (Wildman–Crippen MR) is 63.3 cm³/mol. The van der Waals surface area contributed by atoms with Crippen LogP contribution >= 0.6 is 0 Å². The Morgan fingerprint density at radius 1 is 1.11 bits per heavy atom. The lowest BCUT2D eigenvalue weighted by molar-refractivity contribution is 0.174. The zero-order chi connectivity index (χ0) is 12.4. The second-order valence-electron chi connectivity index (χ2n) is 3.77. The van der Waals surface area contributed by atoms with E-state index >= 15 is 0 Å². The van der Waals surface area contributed by atoms with Gasteiger partial charge in [0.05, 0.1) is 0 Å². The lowest BCUT2D eigenvalue weighted by Crippen LogP contribution is -1.99. The van der Waals surface area contributed by atoms with Gasteiger partial charge in [-0.05, 0) is 23.8 Å². The van der Waals surface area contributed by atoms with Crippen LogP contribution in [0.2, 0.25) is 0 Å². The Morgan fingerprint density at radius 2 is 2.00 bits per heavy atom. The Bertz CT molecular complexity index is 557. The molecular formula is C12H11N3O3. The first-order chi connectivity index (χ1) is 8.81. The molecule has 3 rings (SSSR count). The van der Waals surface area contributed by atoms with Crippen LogP contribution in [-0.2, 0) is 6.61 Å². The first kappa shape index (κ1) is 10.6. The Kier molecular flexibility index (Phi) is 2.60. The number of fused-ring (bicyclic) bond motifs is 1. The third-order valence-corrected chi connectivity index (χ3v) is 2.48. The summed E-state index contributed by atoms with van der Waals surface area (Å²) < 4.78 is 16.0. The summed E-state index contributed by atoms with van der Waals surface area (Å²) in [5.41, 5.74) is 6.41. The van der Waals surface area contributed by atoms with E-state index in [4.69, 9.17) is 19.9 Å². The van der Waals surface area contributed by atoms with E-state index in [1.807, 2.05) is 18.2 Å². The van der Waals surface area contributed by atoms with Crippen molar-refractivity contribution in [3.63, 3.8) is 0 Å². The number of benzene rings is 1. The molecule has 0 aliphatic carbocycles. The number of nitrogens with two attached hydrogens (primary N) is 1. The van der Waals surface area contributed by atoms with Crippen LogP contribution < -0.4 is 19.9 Å². The summed E-state index contributed by atoms with van der Waals surface area (Å²) in [6, 6.07) is 8.97. The van der Waals surface area contributed by atoms with Crippen molar-refractivity contribution in [1.82, 2.24) is 10.2 Å². The highest BCUT2D eigenvalue weighted by Gasteiger charge is 2.13. The quantitative estimate of drug-likeness (QED) is 0.879. The molecule has 92 valence electrons. The van der Waals surface area contributed by atoms with Crippen LogP contribution in [0.15, 0.2) is 30.3 Å². The van der Waals surface area contributed by atoms with Gasteiger partial charge >= 0.3 is 0 Å². The van der Waals surface area contributed by atoms with E-state index in [0.29, 0.717) is 18.3 Å². The van der Waals surface area contributed by atoms with Crippen molar-refractivity contribution < 1.29 is 14.2 Å². The number of rotatable bonds is 3. The summed E-state index contributed by atoms with van der Waals surface area (Å²) in [6.07, 6.45) is 0. The highest BCUT2D eigenvalue weighted by atomic mass is 16.7. The summed E-state index contributed by atoms with van der Waals surface area (Å²) in [5, 5.41) is 7.52. The van der Waals surface area contributed by atoms with Crippen LogP contribution in [0.25, 0.3) is 0 Å². The second kappa shape index (κ2) is 4.40. The molecule has 0 spiro atoms. The van der Waals surface area contributed by atoms with Gasteiger partial charge in [-0.15, -0.1) is 10.2 Å². The Morgan fingerprint density at radius 3 is 2.83 bits per heavy atom. The summed E-state index contributed by atoms with van der Waals surface area (Å²) >= 11 is 0. The van der Waals surface area contributed by atoms with E-state index in [-0.39, 0.29) is 6.79 Å². The minimum Gasteiger partial charge on any atom is -0.472 e. The molecule has 0 amide bonds. The number of nitrogen functional groups attached to an aromatic ring is 1. The van der Waals surface area contributed by atoms with Gasteiger partial charge < -0.3 is 19.9 Å². The van der Waals surface area contributed by atoms with E-state index in [1.54, 1.807) is 12.1 Å². The van der Waals surface area contributed by atoms with Gasteiger partial charge in [-0.1, -0.05) is 6.07 Å². The number of hydrogen-bond donors (Lipinski definition) is 1. The number of nitrogens with zero attached hydrogens (tertiary/aromatic N) is 2. The van der Waals surface area contributed by atoms with Crippen molar-refractivity contribution in [2.24, 2.45) is 0 Å². The average molecular weight is 245 g/mol. The summed E-state index contributed by atoms with van der Waals surface area (Å²) in [4.78, 5) is 0. The molecule has 18 heavy (non-hydrogen) atoms. The third kappa shape index (κ3) is 2.13. The van der Waals surface area contributed by atoms with E-state index in [1.165, 1.54) is 0 Å². The standard InChI is InChI=1S/C12H11N3O3/c13-11-3-4-12(15-14-11)16-6-8-1-2-9-10(5-8)18-7-17-9/h1-5H,6-7H2,(H2,13,14). The average Bonchev–Trinajstić information content (AvgIpc) is 2.85. The number of anilines is 1. The maximum atomic E-state index is 5.48. The molecule has 6 nitrogen and oxygen atoms in total. The number of aromatic nitrogens is 2. The van der Waals surface area contributed by atoms with Crippen LogP contribution in [0.1, 0.15) is 5.56 Å². The van der Waals surface area contributed by atoms with Crippen molar-refractivity contribution in [2.45, 2.75) is 6.61 Å². The fourth-order valence-corrected chi connectivity index (χ4v) is 1.60. The van der Waals surface area contributed by atoms with Gasteiger partial charge in [-0.25, -0.2) is 0 Å². The molecule has 0 fully saturated rings. The van der Waals surface area contributed by atoms with Crippen LogP contribution in [0.5, 0.6) is 17.4 Å². The minimum atomic E-state index is 0.267. The zero-order valence-electron chi connectivity index (χ0n) is 9.50. The van der Waals surface area contributed by atoms with Crippen LogP contribution in [-0.4, -0.2) is 17.0 Å². The molecule has 0 saturated carbocycles. The number of hydrogen-bond acceptors (Lipinski definition) is 6. The van der Waals surface area contributed by atoms with E-state index in [9.17, 15) is 0 Å². The Balaban J connectivity index is 1.68. The van der Waals surface area contributed by atoms with E-state index in [2.05, 4.69) is 10.2 Å². The van der Waals surface area contributed by atoms with Crippen LogP contribution in [0.4, 0.5) is 5.82 Å². The van der Waals surface area contributed by atoms with Gasteiger partial charge in [0, 0.05) is 6.07 Å². The molecule has 2 aromatic rings. The lowest BCUT2D eigenvalue weighted by Gasteiger charge is -2.05. The minimum absolute atomic E-state index is 0.267. The molecule has 1 aliphatic rings. The summed E-state index contributed by atoms with van der Waals surface area (Å²) in [5.74, 6) is 2.29. The lowest BCUT2D eigenvalue weighted by atomic mass is 10.2. The molecule has 0 bridgehead atoms. The Labute approximate surface area is 103 Å².